The fourth-order valence-electron chi connectivity index (χ4n) is 5.21. The molecule has 4 heteroatoms. The van der Waals surface area contributed by atoms with Crippen LogP contribution >= 0.6 is 11.3 Å². The molecular weight excluding hydrogens is 362 g/mol. The number of nitrogens with zero attached hydrogens (tertiary/aromatic N) is 2. The molecule has 0 spiro atoms. The predicted molar refractivity (Wildman–Crippen MR) is 121 cm³/mol. The molecule has 4 aromatic heterocycles. The van der Waals surface area contributed by atoms with Gasteiger partial charge in [-0.05, 0) is 54.9 Å². The Balaban J connectivity index is 1.73. The molecule has 4 heterocycles. The Morgan fingerprint density at radius 2 is 2.00 bits per heavy atom. The number of H-pyrrole nitrogens is 1. The van der Waals surface area contributed by atoms with Crippen LogP contribution in [0.1, 0.15) is 73.8 Å². The maximum atomic E-state index is 4.59. The first-order chi connectivity index (χ1) is 13.6. The van der Waals surface area contributed by atoms with Crippen molar-refractivity contribution in [3.63, 3.8) is 0 Å². The normalized spacial score (nSPS) is 16.0. The minimum Gasteiger partial charge on any atom is -0.346 e. The van der Waals surface area contributed by atoms with Crippen LogP contribution in [-0.2, 0) is 7.05 Å². The van der Waals surface area contributed by atoms with Crippen LogP contribution in [0.2, 0.25) is 0 Å². The van der Waals surface area contributed by atoms with Gasteiger partial charge in [-0.15, -0.1) is 11.3 Å². The maximum Gasteiger partial charge on any atom is 0.140 e. The van der Waals surface area contributed by atoms with Crippen LogP contribution in [0, 0.1) is 6.92 Å². The van der Waals surface area contributed by atoms with Gasteiger partial charge in [-0.25, -0.2) is 4.98 Å². The Bertz CT molecular complexity index is 1150. The molecule has 0 unspecified atom stereocenters. The molecular formula is C24H29N3S. The largest absolute Gasteiger partial charge is 0.346 e. The predicted octanol–water partition coefficient (Wildman–Crippen LogP) is 7.26. The Kier molecular flexibility index (Phi) is 4.35. The summed E-state index contributed by atoms with van der Waals surface area (Å²) < 4.78 is 2.14. The van der Waals surface area contributed by atoms with Crippen molar-refractivity contribution in [1.29, 1.82) is 0 Å². The fourth-order valence-corrected chi connectivity index (χ4v) is 6.60. The molecule has 0 atom stereocenters. The lowest BCUT2D eigenvalue weighted by Gasteiger charge is -2.21. The van der Waals surface area contributed by atoms with Crippen molar-refractivity contribution in [2.45, 2.75) is 64.7 Å². The molecule has 0 amide bonds. The summed E-state index contributed by atoms with van der Waals surface area (Å²) in [5.41, 5.74) is 6.60. The van der Waals surface area contributed by atoms with E-state index in [4.69, 9.17) is 0 Å². The summed E-state index contributed by atoms with van der Waals surface area (Å²) >= 11 is 2.01. The van der Waals surface area contributed by atoms with Gasteiger partial charge >= 0.3 is 0 Å². The summed E-state index contributed by atoms with van der Waals surface area (Å²) in [6.45, 7) is 7.01. The number of aromatic amines is 1. The van der Waals surface area contributed by atoms with Crippen LogP contribution in [0.15, 0.2) is 24.5 Å². The van der Waals surface area contributed by atoms with Crippen LogP contribution in [0.25, 0.3) is 32.5 Å². The fraction of sp³-hybridized carbons (Fsp3) is 0.458. The van der Waals surface area contributed by atoms with Gasteiger partial charge in [0, 0.05) is 40.7 Å². The van der Waals surface area contributed by atoms with E-state index in [0.29, 0.717) is 5.92 Å². The molecule has 0 saturated heterocycles. The number of aromatic nitrogens is 3. The third kappa shape index (κ3) is 2.65. The summed E-state index contributed by atoms with van der Waals surface area (Å²) in [5, 5.41) is 2.71. The van der Waals surface area contributed by atoms with Crippen molar-refractivity contribution in [2.24, 2.45) is 7.05 Å². The first kappa shape index (κ1) is 18.0. The second-order valence-electron chi connectivity index (χ2n) is 8.73. The smallest absolute Gasteiger partial charge is 0.140 e. The van der Waals surface area contributed by atoms with Crippen molar-refractivity contribution < 1.29 is 0 Å². The van der Waals surface area contributed by atoms with Gasteiger partial charge in [-0.2, -0.15) is 0 Å². The molecule has 3 nitrogen and oxygen atoms in total. The highest BCUT2D eigenvalue weighted by molar-refractivity contribution is 7.19. The molecule has 0 bridgehead atoms. The van der Waals surface area contributed by atoms with E-state index in [2.05, 4.69) is 54.6 Å². The highest BCUT2D eigenvalue weighted by atomic mass is 32.1. The quantitative estimate of drug-likeness (QED) is 0.391. The van der Waals surface area contributed by atoms with Crippen LogP contribution < -0.4 is 0 Å². The number of pyridine rings is 1. The van der Waals surface area contributed by atoms with Crippen LogP contribution in [-0.4, -0.2) is 14.5 Å². The Morgan fingerprint density at radius 1 is 1.21 bits per heavy atom. The summed E-state index contributed by atoms with van der Waals surface area (Å²) in [6, 6.07) is 4.23. The highest BCUT2D eigenvalue weighted by Crippen LogP contribution is 2.47. The molecule has 5 rings (SSSR count). The molecule has 1 saturated carbocycles. The van der Waals surface area contributed by atoms with E-state index in [-0.39, 0.29) is 0 Å². The van der Waals surface area contributed by atoms with Crippen molar-refractivity contribution in [2.75, 3.05) is 0 Å². The zero-order chi connectivity index (χ0) is 19.4. The lowest BCUT2D eigenvalue weighted by molar-refractivity contribution is 0.447. The number of hydrogen-bond donors (Lipinski definition) is 1. The number of fused-ring (bicyclic) bond motifs is 2. The Hall–Kier alpha value is -2.07. The van der Waals surface area contributed by atoms with Crippen molar-refractivity contribution in [1.82, 2.24) is 14.5 Å². The van der Waals surface area contributed by atoms with E-state index in [9.17, 15) is 0 Å². The van der Waals surface area contributed by atoms with E-state index < -0.39 is 0 Å². The molecule has 1 fully saturated rings. The molecule has 1 N–H and O–H groups in total. The van der Waals surface area contributed by atoms with Crippen LogP contribution in [0.3, 0.4) is 0 Å². The number of hydrogen-bond acceptors (Lipinski definition) is 2. The van der Waals surface area contributed by atoms with Crippen LogP contribution in [0.5, 0.6) is 0 Å². The Labute approximate surface area is 170 Å². The first-order valence-electron chi connectivity index (χ1n) is 10.6. The number of rotatable bonds is 3. The van der Waals surface area contributed by atoms with Gasteiger partial charge in [-0.1, -0.05) is 33.1 Å². The second kappa shape index (κ2) is 6.77. The topological polar surface area (TPSA) is 33.6 Å². The van der Waals surface area contributed by atoms with Crippen LogP contribution in [0.4, 0.5) is 0 Å². The third-order valence-corrected chi connectivity index (χ3v) is 7.89. The van der Waals surface area contributed by atoms with E-state index in [1.807, 2.05) is 23.6 Å². The Morgan fingerprint density at radius 3 is 2.75 bits per heavy atom. The summed E-state index contributed by atoms with van der Waals surface area (Å²) in [7, 11) is 2.09. The summed E-state index contributed by atoms with van der Waals surface area (Å²) in [5.74, 6) is 1.24. The van der Waals surface area contributed by atoms with Crippen molar-refractivity contribution in [3.8, 4) is 11.3 Å². The van der Waals surface area contributed by atoms with E-state index in [1.165, 1.54) is 70.1 Å². The zero-order valence-electron chi connectivity index (χ0n) is 17.3. The van der Waals surface area contributed by atoms with E-state index >= 15 is 0 Å². The monoisotopic (exact) mass is 391 g/mol. The van der Waals surface area contributed by atoms with Gasteiger partial charge in [0.05, 0.1) is 5.69 Å². The molecule has 146 valence electrons. The van der Waals surface area contributed by atoms with Gasteiger partial charge in [0.1, 0.15) is 10.5 Å². The molecule has 4 aromatic rings. The van der Waals surface area contributed by atoms with E-state index in [1.54, 1.807) is 4.88 Å². The van der Waals surface area contributed by atoms with Gasteiger partial charge in [-0.3, -0.25) is 0 Å². The average molecular weight is 392 g/mol. The van der Waals surface area contributed by atoms with Crippen molar-refractivity contribution in [3.05, 3.63) is 40.5 Å². The summed E-state index contributed by atoms with van der Waals surface area (Å²) in [6.07, 6.45) is 11.0. The second-order valence-corrected chi connectivity index (χ2v) is 9.78. The van der Waals surface area contributed by atoms with Gasteiger partial charge in [0.2, 0.25) is 0 Å². The minimum absolute atomic E-state index is 0.475. The maximum absolute atomic E-state index is 4.59. The average Bonchev–Trinajstić information content (AvgIpc) is 3.34. The van der Waals surface area contributed by atoms with Crippen molar-refractivity contribution >= 4 is 32.6 Å². The lowest BCUT2D eigenvalue weighted by Crippen LogP contribution is -2.04. The van der Waals surface area contributed by atoms with Gasteiger partial charge in [0.25, 0.3) is 0 Å². The first-order valence-corrected chi connectivity index (χ1v) is 11.4. The molecule has 0 radical (unpaired) electrons. The van der Waals surface area contributed by atoms with Gasteiger partial charge in [0.15, 0.2) is 0 Å². The summed E-state index contributed by atoms with van der Waals surface area (Å²) in [4.78, 5) is 11.4. The molecule has 1 aliphatic rings. The number of nitrogens with one attached hydrogen (secondary N) is 1. The SMILES string of the molecule is Cc1c(C2CCCCC2)sc2[nH]c(-c3cn(C)c4ncccc34)c(C(C)C)c12. The molecule has 28 heavy (non-hydrogen) atoms. The molecule has 0 aliphatic heterocycles. The van der Waals surface area contributed by atoms with Gasteiger partial charge < -0.3 is 9.55 Å². The third-order valence-electron chi connectivity index (χ3n) is 6.52. The lowest BCUT2D eigenvalue weighted by atomic mass is 9.86. The highest BCUT2D eigenvalue weighted by Gasteiger charge is 2.26. The molecule has 0 aromatic carbocycles. The van der Waals surface area contributed by atoms with E-state index in [0.717, 1.165) is 11.6 Å². The molecule has 1 aliphatic carbocycles. The standard InChI is InChI=1S/C24H29N3S/c1-14(2)19-20-15(3)22(16-9-6-5-7-10-16)28-24(20)26-21(19)18-13-27(4)23-17(18)11-8-12-25-23/h8,11-14,16,26H,5-7,9-10H2,1-4H3. The minimum atomic E-state index is 0.475. The number of aryl methyl sites for hydroxylation is 2. The zero-order valence-corrected chi connectivity index (χ0v) is 18.1. The number of thiophene rings is 1.